The van der Waals surface area contributed by atoms with Crippen molar-refractivity contribution in [2.24, 2.45) is 0 Å². The van der Waals surface area contributed by atoms with Crippen molar-refractivity contribution in [2.75, 3.05) is 10.8 Å². The molecule has 1 saturated carbocycles. The number of sulfonamides is 1. The summed E-state index contributed by atoms with van der Waals surface area (Å²) < 4.78 is 70.0. The van der Waals surface area contributed by atoms with Crippen molar-refractivity contribution in [3.8, 4) is 0 Å². The van der Waals surface area contributed by atoms with Gasteiger partial charge in [0, 0.05) is 12.6 Å². The minimum Gasteiger partial charge on any atom is -0.352 e. The van der Waals surface area contributed by atoms with Gasteiger partial charge in [-0.3, -0.25) is 13.9 Å². The molecule has 0 bridgehead atoms. The summed E-state index contributed by atoms with van der Waals surface area (Å²) in [6.45, 7) is 4.29. The minimum absolute atomic E-state index is 0.0163. The van der Waals surface area contributed by atoms with Crippen molar-refractivity contribution in [1.82, 2.24) is 10.2 Å². The van der Waals surface area contributed by atoms with Crippen LogP contribution in [0.4, 0.5) is 18.9 Å². The lowest BCUT2D eigenvalue weighted by Gasteiger charge is -2.33. The summed E-state index contributed by atoms with van der Waals surface area (Å²) >= 11 is 5.83. The number of halogens is 4. The van der Waals surface area contributed by atoms with E-state index in [1.54, 1.807) is 38.1 Å². The number of amides is 2. The Morgan fingerprint density at radius 3 is 2.25 bits per heavy atom. The van der Waals surface area contributed by atoms with E-state index in [1.807, 2.05) is 19.1 Å². The quantitative estimate of drug-likeness (QED) is 0.267. The van der Waals surface area contributed by atoms with Crippen LogP contribution in [0.15, 0.2) is 71.6 Å². The van der Waals surface area contributed by atoms with Gasteiger partial charge in [0.15, 0.2) is 0 Å². The normalized spacial score (nSPS) is 14.7. The molecule has 44 heavy (non-hydrogen) atoms. The van der Waals surface area contributed by atoms with Crippen LogP contribution in [-0.2, 0) is 32.3 Å². The van der Waals surface area contributed by atoms with E-state index in [-0.39, 0.29) is 17.5 Å². The number of anilines is 1. The Hall–Kier alpha value is -3.57. The minimum atomic E-state index is -4.87. The average molecular weight is 650 g/mol. The monoisotopic (exact) mass is 649 g/mol. The first-order chi connectivity index (χ1) is 20.7. The van der Waals surface area contributed by atoms with Gasteiger partial charge in [-0.2, -0.15) is 13.2 Å². The molecular formula is C32H35ClF3N3O4S. The summed E-state index contributed by atoms with van der Waals surface area (Å²) in [5.41, 5.74) is 0.721. The van der Waals surface area contributed by atoms with E-state index < -0.39 is 56.9 Å². The highest BCUT2D eigenvalue weighted by molar-refractivity contribution is 7.92. The summed E-state index contributed by atoms with van der Waals surface area (Å²) in [5, 5.41) is 2.37. The van der Waals surface area contributed by atoms with Gasteiger partial charge >= 0.3 is 6.18 Å². The van der Waals surface area contributed by atoms with Crippen molar-refractivity contribution >= 4 is 39.1 Å². The van der Waals surface area contributed by atoms with Crippen LogP contribution >= 0.6 is 11.6 Å². The number of nitrogens with zero attached hydrogens (tertiary/aromatic N) is 2. The second-order valence-electron chi connectivity index (χ2n) is 11.1. The summed E-state index contributed by atoms with van der Waals surface area (Å²) in [6.07, 6.45) is -1.26. The van der Waals surface area contributed by atoms with Gasteiger partial charge in [-0.25, -0.2) is 8.42 Å². The first-order valence-electron chi connectivity index (χ1n) is 14.3. The fourth-order valence-corrected chi connectivity index (χ4v) is 6.83. The van der Waals surface area contributed by atoms with E-state index in [2.05, 4.69) is 5.32 Å². The van der Waals surface area contributed by atoms with Gasteiger partial charge in [0.2, 0.25) is 11.8 Å². The van der Waals surface area contributed by atoms with E-state index >= 15 is 0 Å². The number of benzene rings is 3. The maximum absolute atomic E-state index is 14.1. The molecule has 1 fully saturated rings. The topological polar surface area (TPSA) is 86.8 Å². The van der Waals surface area contributed by atoms with Gasteiger partial charge in [-0.15, -0.1) is 0 Å². The Morgan fingerprint density at radius 2 is 1.64 bits per heavy atom. The van der Waals surface area contributed by atoms with Crippen LogP contribution in [0.3, 0.4) is 0 Å². The molecule has 7 nitrogen and oxygen atoms in total. The summed E-state index contributed by atoms with van der Waals surface area (Å²) in [4.78, 5) is 28.5. The number of carbonyl (C=O) groups excluding carboxylic acids is 2. The highest BCUT2D eigenvalue weighted by Gasteiger charge is 2.37. The second-order valence-corrected chi connectivity index (χ2v) is 13.4. The predicted molar refractivity (Wildman–Crippen MR) is 164 cm³/mol. The van der Waals surface area contributed by atoms with Gasteiger partial charge < -0.3 is 10.2 Å². The van der Waals surface area contributed by atoms with Crippen LogP contribution in [0, 0.1) is 13.8 Å². The third kappa shape index (κ3) is 7.74. The first-order valence-corrected chi connectivity index (χ1v) is 16.1. The van der Waals surface area contributed by atoms with Crippen molar-refractivity contribution in [1.29, 1.82) is 0 Å². The first kappa shape index (κ1) is 33.3. The molecule has 1 aliphatic rings. The molecule has 3 aromatic carbocycles. The number of alkyl halides is 3. The number of carbonyl (C=O) groups is 2. The van der Waals surface area contributed by atoms with Gasteiger partial charge in [-0.1, -0.05) is 66.4 Å². The van der Waals surface area contributed by atoms with Crippen molar-refractivity contribution in [2.45, 2.75) is 76.2 Å². The van der Waals surface area contributed by atoms with E-state index in [1.165, 1.54) is 17.0 Å². The molecule has 0 spiro atoms. The zero-order valence-electron chi connectivity index (χ0n) is 24.7. The Kier molecular flexibility index (Phi) is 10.3. The lowest BCUT2D eigenvalue weighted by atomic mass is 10.1. The highest BCUT2D eigenvalue weighted by Crippen LogP contribution is 2.38. The van der Waals surface area contributed by atoms with E-state index in [0.29, 0.717) is 10.4 Å². The fourth-order valence-electron chi connectivity index (χ4n) is 5.20. The van der Waals surface area contributed by atoms with Crippen LogP contribution in [-0.4, -0.2) is 43.8 Å². The van der Waals surface area contributed by atoms with E-state index in [0.717, 1.165) is 54.5 Å². The molecule has 0 aromatic heterocycles. The molecule has 1 aliphatic carbocycles. The van der Waals surface area contributed by atoms with Gasteiger partial charge in [0.05, 0.1) is 21.2 Å². The van der Waals surface area contributed by atoms with Gasteiger partial charge in [0.1, 0.15) is 12.6 Å². The lowest BCUT2D eigenvalue weighted by molar-refractivity contribution is -0.139. The molecule has 3 aromatic rings. The van der Waals surface area contributed by atoms with Crippen molar-refractivity contribution in [3.05, 3.63) is 94.0 Å². The van der Waals surface area contributed by atoms with Crippen LogP contribution in [0.2, 0.25) is 5.02 Å². The standard InChI is InChI=1S/C32H35ClF3N3O4S/c1-21-12-15-27(16-13-21)44(42,43)39(26-14-17-29(33)28(18-26)32(34,35)36)20-30(40)38(19-24-9-5-4-8-22(24)2)23(3)31(41)37-25-10-6-7-11-25/h4-5,8-9,12-18,23,25H,6-7,10-11,19-20H2,1-3H3,(H,37,41)/t23-/m0/s1. The van der Waals surface area contributed by atoms with E-state index in [4.69, 9.17) is 11.6 Å². The summed E-state index contributed by atoms with van der Waals surface area (Å²) in [5.74, 6) is -1.15. The van der Waals surface area contributed by atoms with E-state index in [9.17, 15) is 31.2 Å². The molecule has 236 valence electrons. The Bertz CT molecular complexity index is 1610. The molecular weight excluding hydrogens is 615 g/mol. The predicted octanol–water partition coefficient (Wildman–Crippen LogP) is 6.65. The lowest BCUT2D eigenvalue weighted by Crippen LogP contribution is -2.52. The number of nitrogens with one attached hydrogen (secondary N) is 1. The van der Waals surface area contributed by atoms with Crippen molar-refractivity contribution in [3.63, 3.8) is 0 Å². The maximum atomic E-state index is 14.1. The van der Waals surface area contributed by atoms with Crippen LogP contribution < -0.4 is 9.62 Å². The SMILES string of the molecule is Cc1ccc(S(=O)(=O)N(CC(=O)N(Cc2ccccc2C)[C@@H](C)C(=O)NC2CCCC2)c2ccc(Cl)c(C(F)(F)F)c2)cc1. The zero-order valence-corrected chi connectivity index (χ0v) is 26.3. The third-order valence-electron chi connectivity index (χ3n) is 7.90. The molecule has 0 saturated heterocycles. The number of rotatable bonds is 10. The van der Waals surface area contributed by atoms with Crippen LogP contribution in [0.5, 0.6) is 0 Å². The largest absolute Gasteiger partial charge is 0.417 e. The van der Waals surface area contributed by atoms with Gasteiger partial charge in [-0.05, 0) is 75.1 Å². The fraction of sp³-hybridized carbons (Fsp3) is 0.375. The highest BCUT2D eigenvalue weighted by atomic mass is 35.5. The Balaban J connectivity index is 1.76. The second kappa shape index (κ2) is 13.6. The average Bonchev–Trinajstić information content (AvgIpc) is 3.48. The zero-order chi connectivity index (χ0) is 32.2. The number of hydrogen-bond acceptors (Lipinski definition) is 4. The molecule has 0 aliphatic heterocycles. The van der Waals surface area contributed by atoms with Crippen LogP contribution in [0.1, 0.15) is 54.9 Å². The molecule has 1 atom stereocenters. The molecule has 0 unspecified atom stereocenters. The van der Waals surface area contributed by atoms with Crippen LogP contribution in [0.25, 0.3) is 0 Å². The van der Waals surface area contributed by atoms with Crippen molar-refractivity contribution < 1.29 is 31.2 Å². The Morgan fingerprint density at radius 1 is 1.00 bits per heavy atom. The van der Waals surface area contributed by atoms with Gasteiger partial charge in [0.25, 0.3) is 10.0 Å². The summed E-state index contributed by atoms with van der Waals surface area (Å²) in [6, 6.07) is 14.7. The molecule has 0 heterocycles. The molecule has 0 radical (unpaired) electrons. The smallest absolute Gasteiger partial charge is 0.352 e. The molecule has 4 rings (SSSR count). The third-order valence-corrected chi connectivity index (χ3v) is 10.0. The molecule has 2 amide bonds. The molecule has 1 N–H and O–H groups in total. The Labute approximate surface area is 261 Å². The molecule has 12 heteroatoms. The number of aryl methyl sites for hydroxylation is 2. The summed E-state index contributed by atoms with van der Waals surface area (Å²) in [7, 11) is -4.55. The number of hydrogen-bond donors (Lipinski definition) is 1. The maximum Gasteiger partial charge on any atom is 0.417 e.